The molecule has 1 amide bonds. The van der Waals surface area contributed by atoms with E-state index in [1.165, 1.54) is 17.2 Å². The third kappa shape index (κ3) is 5.13. The molecule has 1 N–H and O–H groups in total. The molecule has 0 fully saturated rings. The van der Waals surface area contributed by atoms with Crippen LogP contribution in [-0.4, -0.2) is 28.4 Å². The van der Waals surface area contributed by atoms with Crippen molar-refractivity contribution in [2.75, 3.05) is 6.54 Å². The molecule has 0 saturated carbocycles. The van der Waals surface area contributed by atoms with Crippen molar-refractivity contribution in [2.45, 2.75) is 19.8 Å². The van der Waals surface area contributed by atoms with Gasteiger partial charge in [-0.1, -0.05) is 19.9 Å². The lowest BCUT2D eigenvalue weighted by molar-refractivity contribution is -0.131. The van der Waals surface area contributed by atoms with Crippen molar-refractivity contribution in [1.29, 1.82) is 0 Å². The number of amides is 1. The number of aliphatic carboxylic acids is 1. The number of carboxylic acids is 1. The second-order valence-corrected chi connectivity index (χ2v) is 2.74. The summed E-state index contributed by atoms with van der Waals surface area (Å²) in [5, 5.41) is 8.39. The maximum absolute atomic E-state index is 11.2. The van der Waals surface area contributed by atoms with Crippen LogP contribution >= 0.6 is 0 Å². The molecule has 0 heterocycles. The van der Waals surface area contributed by atoms with Gasteiger partial charge < -0.3 is 10.0 Å². The average molecular weight is 197 g/mol. The lowest BCUT2D eigenvalue weighted by atomic mass is 10.3. The first-order chi connectivity index (χ1) is 6.61. The van der Waals surface area contributed by atoms with Crippen molar-refractivity contribution >= 4 is 11.9 Å². The second-order valence-electron chi connectivity index (χ2n) is 2.74. The van der Waals surface area contributed by atoms with Crippen molar-refractivity contribution in [2.24, 2.45) is 0 Å². The highest BCUT2D eigenvalue weighted by molar-refractivity contribution is 5.88. The molecule has 0 bridgehead atoms. The van der Waals surface area contributed by atoms with Gasteiger partial charge in [0, 0.05) is 18.8 Å². The Hall–Kier alpha value is -1.58. The SMILES string of the molecule is C=CC(=O)N(C=CC(=O)O)CCCC. The van der Waals surface area contributed by atoms with Gasteiger partial charge in [0.2, 0.25) is 5.91 Å². The monoisotopic (exact) mass is 197 g/mol. The van der Waals surface area contributed by atoms with Crippen LogP contribution in [-0.2, 0) is 9.59 Å². The fourth-order valence-electron chi connectivity index (χ4n) is 0.858. The van der Waals surface area contributed by atoms with Crippen LogP contribution in [0.15, 0.2) is 24.9 Å². The number of nitrogens with zero attached hydrogens (tertiary/aromatic N) is 1. The first kappa shape index (κ1) is 12.4. The number of carbonyl (C=O) groups excluding carboxylic acids is 1. The van der Waals surface area contributed by atoms with E-state index in [2.05, 4.69) is 6.58 Å². The molecule has 0 aliphatic carbocycles. The van der Waals surface area contributed by atoms with Crippen molar-refractivity contribution in [3.05, 3.63) is 24.9 Å². The van der Waals surface area contributed by atoms with Crippen LogP contribution in [0.25, 0.3) is 0 Å². The zero-order valence-corrected chi connectivity index (χ0v) is 8.27. The van der Waals surface area contributed by atoms with Crippen LogP contribution in [0, 0.1) is 0 Å². The number of carbonyl (C=O) groups is 2. The maximum atomic E-state index is 11.2. The topological polar surface area (TPSA) is 57.6 Å². The third-order valence-corrected chi connectivity index (χ3v) is 1.61. The predicted octanol–water partition coefficient (Wildman–Crippen LogP) is 1.40. The Balaban J connectivity index is 4.31. The molecular formula is C10H15NO3. The lowest BCUT2D eigenvalue weighted by Crippen LogP contribution is -2.24. The Bertz CT molecular complexity index is 246. The minimum atomic E-state index is -1.07. The van der Waals surface area contributed by atoms with Crippen LogP contribution < -0.4 is 0 Å². The second kappa shape index (κ2) is 6.88. The highest BCUT2D eigenvalue weighted by Crippen LogP contribution is 1.97. The van der Waals surface area contributed by atoms with Gasteiger partial charge in [0.1, 0.15) is 0 Å². The van der Waals surface area contributed by atoms with Gasteiger partial charge in [-0.25, -0.2) is 4.79 Å². The van der Waals surface area contributed by atoms with Crippen LogP contribution in [0.3, 0.4) is 0 Å². The van der Waals surface area contributed by atoms with Gasteiger partial charge in [-0.05, 0) is 12.5 Å². The quantitative estimate of drug-likeness (QED) is 0.655. The zero-order valence-electron chi connectivity index (χ0n) is 8.27. The van der Waals surface area contributed by atoms with E-state index in [1.54, 1.807) is 0 Å². The Labute approximate surface area is 83.5 Å². The van der Waals surface area contributed by atoms with E-state index >= 15 is 0 Å². The summed E-state index contributed by atoms with van der Waals surface area (Å²) >= 11 is 0. The molecule has 0 aliphatic rings. The summed E-state index contributed by atoms with van der Waals surface area (Å²) in [6.45, 7) is 5.86. The normalized spacial score (nSPS) is 10.1. The largest absolute Gasteiger partial charge is 0.478 e. The van der Waals surface area contributed by atoms with Gasteiger partial charge >= 0.3 is 5.97 Å². The zero-order chi connectivity index (χ0) is 11.0. The Morgan fingerprint density at radius 2 is 2.14 bits per heavy atom. The fourth-order valence-corrected chi connectivity index (χ4v) is 0.858. The van der Waals surface area contributed by atoms with Crippen LogP contribution in [0.5, 0.6) is 0 Å². The third-order valence-electron chi connectivity index (χ3n) is 1.61. The Morgan fingerprint density at radius 3 is 2.57 bits per heavy atom. The van der Waals surface area contributed by atoms with E-state index in [9.17, 15) is 9.59 Å². The van der Waals surface area contributed by atoms with Crippen molar-refractivity contribution in [1.82, 2.24) is 4.90 Å². The van der Waals surface area contributed by atoms with E-state index in [1.807, 2.05) is 6.92 Å². The molecular weight excluding hydrogens is 182 g/mol. The molecule has 0 aromatic rings. The number of hydrogen-bond donors (Lipinski definition) is 1. The van der Waals surface area contributed by atoms with Gasteiger partial charge in [-0.2, -0.15) is 0 Å². The molecule has 0 aromatic carbocycles. The van der Waals surface area contributed by atoms with Crippen molar-refractivity contribution in [3.8, 4) is 0 Å². The first-order valence-corrected chi connectivity index (χ1v) is 4.46. The van der Waals surface area contributed by atoms with Gasteiger partial charge in [0.25, 0.3) is 0 Å². The molecule has 0 aliphatic heterocycles. The van der Waals surface area contributed by atoms with E-state index in [-0.39, 0.29) is 5.91 Å². The number of unbranched alkanes of at least 4 members (excludes halogenated alkanes) is 1. The maximum Gasteiger partial charge on any atom is 0.329 e. The van der Waals surface area contributed by atoms with Crippen LogP contribution in [0.2, 0.25) is 0 Å². The molecule has 0 unspecified atom stereocenters. The van der Waals surface area contributed by atoms with Gasteiger partial charge in [0.15, 0.2) is 0 Å². The van der Waals surface area contributed by atoms with Crippen molar-refractivity contribution < 1.29 is 14.7 Å². The fraction of sp³-hybridized carbons (Fsp3) is 0.400. The van der Waals surface area contributed by atoms with E-state index in [0.29, 0.717) is 6.54 Å². The Kier molecular flexibility index (Phi) is 6.11. The molecule has 0 saturated heterocycles. The molecule has 4 heteroatoms. The van der Waals surface area contributed by atoms with Crippen LogP contribution in [0.1, 0.15) is 19.8 Å². The minimum Gasteiger partial charge on any atom is -0.478 e. The standard InChI is InChI=1S/C10H15NO3/c1-3-5-7-11(9(12)4-2)8-6-10(13)14/h4,6,8H,2-3,5,7H2,1H3,(H,13,14). The highest BCUT2D eigenvalue weighted by Gasteiger charge is 2.05. The molecule has 0 atom stereocenters. The molecule has 0 rings (SSSR count). The van der Waals surface area contributed by atoms with E-state index in [4.69, 9.17) is 5.11 Å². The van der Waals surface area contributed by atoms with Crippen molar-refractivity contribution in [3.63, 3.8) is 0 Å². The summed E-state index contributed by atoms with van der Waals surface area (Å²) in [7, 11) is 0. The number of carboxylic acid groups (broad SMARTS) is 1. The molecule has 0 aromatic heterocycles. The molecule has 0 radical (unpaired) electrons. The van der Waals surface area contributed by atoms with Crippen LogP contribution in [0.4, 0.5) is 0 Å². The molecule has 14 heavy (non-hydrogen) atoms. The smallest absolute Gasteiger partial charge is 0.329 e. The molecule has 0 spiro atoms. The summed E-state index contributed by atoms with van der Waals surface area (Å²) in [5.74, 6) is -1.35. The van der Waals surface area contributed by atoms with E-state index in [0.717, 1.165) is 18.9 Å². The summed E-state index contributed by atoms with van der Waals surface area (Å²) < 4.78 is 0. The summed E-state index contributed by atoms with van der Waals surface area (Å²) in [5.41, 5.74) is 0. The molecule has 78 valence electrons. The lowest BCUT2D eigenvalue weighted by Gasteiger charge is -2.15. The minimum absolute atomic E-state index is 0.282. The first-order valence-electron chi connectivity index (χ1n) is 4.46. The number of rotatable bonds is 6. The van der Waals surface area contributed by atoms with Gasteiger partial charge in [-0.3, -0.25) is 4.79 Å². The average Bonchev–Trinajstić information content (AvgIpc) is 2.16. The number of hydrogen-bond acceptors (Lipinski definition) is 2. The Morgan fingerprint density at radius 1 is 1.50 bits per heavy atom. The highest BCUT2D eigenvalue weighted by atomic mass is 16.4. The van der Waals surface area contributed by atoms with E-state index < -0.39 is 5.97 Å². The molecule has 4 nitrogen and oxygen atoms in total. The summed E-state index contributed by atoms with van der Waals surface area (Å²) in [4.78, 5) is 22.8. The summed E-state index contributed by atoms with van der Waals surface area (Å²) in [6, 6.07) is 0. The van der Waals surface area contributed by atoms with Gasteiger partial charge in [0.05, 0.1) is 0 Å². The van der Waals surface area contributed by atoms with Gasteiger partial charge in [-0.15, -0.1) is 0 Å². The predicted molar refractivity (Wildman–Crippen MR) is 53.6 cm³/mol. The summed E-state index contributed by atoms with van der Waals surface area (Å²) in [6.07, 6.45) is 5.16.